The van der Waals surface area contributed by atoms with Crippen LogP contribution in [-0.2, 0) is 12.0 Å². The lowest BCUT2D eigenvalue weighted by Crippen LogP contribution is -2.14. The van der Waals surface area contributed by atoms with E-state index in [2.05, 4.69) is 73.0 Å². The van der Waals surface area contributed by atoms with Crippen molar-refractivity contribution in [3.8, 4) is 0 Å². The molecule has 20 heavy (non-hydrogen) atoms. The van der Waals surface area contributed by atoms with Crippen molar-refractivity contribution >= 4 is 11.6 Å². The Labute approximate surface area is 122 Å². The Kier molecular flexibility index (Phi) is 4.17. The molecule has 1 aromatic carbocycles. The molecule has 1 aromatic heterocycles. The van der Waals surface area contributed by atoms with E-state index in [0.29, 0.717) is 0 Å². The van der Waals surface area contributed by atoms with Crippen LogP contribution in [0.1, 0.15) is 45.4 Å². The third-order valence-corrected chi connectivity index (χ3v) is 3.34. The number of aryl methyl sites for hydroxylation is 2. The summed E-state index contributed by atoms with van der Waals surface area (Å²) in [5.74, 6) is 0.932. The third-order valence-electron chi connectivity index (χ3n) is 3.34. The summed E-state index contributed by atoms with van der Waals surface area (Å²) in [4.78, 5) is 4.60. The molecule has 3 nitrogen and oxygen atoms in total. The number of nitrogens with one attached hydrogen (secondary N) is 1. The number of benzene rings is 1. The second-order valence-electron chi connectivity index (χ2n) is 6.32. The lowest BCUT2D eigenvalue weighted by atomic mass is 9.86. The first-order valence-electron chi connectivity index (χ1n) is 7.32. The predicted molar refractivity (Wildman–Crippen MR) is 85.7 cm³/mol. The molecule has 108 valence electrons. The number of rotatable bonds is 4. The topological polar surface area (TPSA) is 29.9 Å². The van der Waals surface area contributed by atoms with Crippen molar-refractivity contribution in [3.63, 3.8) is 0 Å². The van der Waals surface area contributed by atoms with Gasteiger partial charge in [-0.25, -0.2) is 4.98 Å². The summed E-state index contributed by atoms with van der Waals surface area (Å²) in [5.41, 5.74) is 3.61. The molecular weight excluding hydrogens is 246 g/mol. The maximum Gasteiger partial charge on any atom is 0.207 e. The highest BCUT2D eigenvalue weighted by Gasteiger charge is 2.18. The molecule has 0 unspecified atom stereocenters. The largest absolute Gasteiger partial charge is 0.325 e. The molecule has 0 spiro atoms. The Hall–Kier alpha value is -1.77. The van der Waals surface area contributed by atoms with Gasteiger partial charge in [-0.05, 0) is 30.4 Å². The van der Waals surface area contributed by atoms with Gasteiger partial charge in [0.2, 0.25) is 5.95 Å². The zero-order chi connectivity index (χ0) is 14.8. The van der Waals surface area contributed by atoms with Gasteiger partial charge in [-0.1, -0.05) is 45.9 Å². The Morgan fingerprint density at radius 1 is 1.20 bits per heavy atom. The maximum absolute atomic E-state index is 4.60. The van der Waals surface area contributed by atoms with Gasteiger partial charge in [0.25, 0.3) is 0 Å². The first-order valence-corrected chi connectivity index (χ1v) is 7.32. The van der Waals surface area contributed by atoms with Gasteiger partial charge >= 0.3 is 0 Å². The molecule has 0 radical (unpaired) electrons. The molecule has 0 saturated heterocycles. The van der Waals surface area contributed by atoms with Crippen molar-refractivity contribution in [2.24, 2.45) is 0 Å². The molecular formula is C17H25N3. The predicted octanol–water partition coefficient (Wildman–Crippen LogP) is 4.64. The molecule has 0 fully saturated rings. The fourth-order valence-electron chi connectivity index (χ4n) is 2.42. The second-order valence-corrected chi connectivity index (χ2v) is 6.32. The average molecular weight is 271 g/mol. The molecule has 0 aliphatic heterocycles. The minimum absolute atomic E-state index is 0.112. The summed E-state index contributed by atoms with van der Waals surface area (Å²) in [6.45, 7) is 11.9. The summed E-state index contributed by atoms with van der Waals surface area (Å²) < 4.78 is 2.19. The summed E-state index contributed by atoms with van der Waals surface area (Å²) in [6, 6.07) is 8.47. The van der Waals surface area contributed by atoms with Gasteiger partial charge in [-0.15, -0.1) is 0 Å². The van der Waals surface area contributed by atoms with Crippen molar-refractivity contribution in [2.75, 3.05) is 5.32 Å². The molecule has 3 heteroatoms. The van der Waals surface area contributed by atoms with Gasteiger partial charge in [0.15, 0.2) is 0 Å². The van der Waals surface area contributed by atoms with Crippen LogP contribution < -0.4 is 5.32 Å². The normalized spacial score (nSPS) is 11.7. The van der Waals surface area contributed by atoms with E-state index < -0.39 is 0 Å². The summed E-state index contributed by atoms with van der Waals surface area (Å²) in [5, 5.41) is 3.51. The monoisotopic (exact) mass is 271 g/mol. The lowest BCUT2D eigenvalue weighted by Gasteiger charge is -2.23. The van der Waals surface area contributed by atoms with Crippen LogP contribution in [0, 0.1) is 6.92 Å². The number of imidazole rings is 1. The van der Waals surface area contributed by atoms with Gasteiger partial charge in [0.1, 0.15) is 0 Å². The number of nitrogens with zero attached hydrogens (tertiary/aromatic N) is 2. The first-order chi connectivity index (χ1) is 9.41. The first kappa shape index (κ1) is 14.6. The van der Waals surface area contributed by atoms with Crippen molar-refractivity contribution in [1.29, 1.82) is 0 Å². The quantitative estimate of drug-likeness (QED) is 0.877. The van der Waals surface area contributed by atoms with E-state index in [1.165, 1.54) is 5.56 Å². The number of aromatic nitrogens is 2. The number of para-hydroxylation sites is 1. The third kappa shape index (κ3) is 3.21. The van der Waals surface area contributed by atoms with E-state index in [-0.39, 0.29) is 5.41 Å². The summed E-state index contributed by atoms with van der Waals surface area (Å²) >= 11 is 0. The fraction of sp³-hybridized carbons (Fsp3) is 0.471. The smallest absolute Gasteiger partial charge is 0.207 e. The average Bonchev–Trinajstić information content (AvgIpc) is 2.69. The Bertz CT molecular complexity index is 576. The molecule has 0 bridgehead atoms. The molecule has 0 amide bonds. The van der Waals surface area contributed by atoms with Crippen LogP contribution in [0.25, 0.3) is 0 Å². The molecule has 0 aliphatic carbocycles. The number of anilines is 2. The van der Waals surface area contributed by atoms with E-state index >= 15 is 0 Å². The van der Waals surface area contributed by atoms with Crippen molar-refractivity contribution in [2.45, 2.75) is 53.0 Å². The van der Waals surface area contributed by atoms with E-state index in [9.17, 15) is 0 Å². The zero-order valence-electron chi connectivity index (χ0n) is 13.2. The van der Waals surface area contributed by atoms with Crippen LogP contribution in [0.2, 0.25) is 0 Å². The standard InChI is InChI=1S/C17H25N3/c1-6-11-20-12-13(2)18-16(20)19-15-10-8-7-9-14(15)17(3,4)5/h7-10,12H,6,11H2,1-5H3,(H,18,19). The molecule has 2 aromatic rings. The highest BCUT2D eigenvalue weighted by atomic mass is 15.2. The zero-order valence-corrected chi connectivity index (χ0v) is 13.2. The van der Waals surface area contributed by atoms with E-state index in [1.807, 2.05) is 6.92 Å². The molecule has 0 saturated carbocycles. The Morgan fingerprint density at radius 2 is 1.90 bits per heavy atom. The molecule has 2 rings (SSSR count). The van der Waals surface area contributed by atoms with Gasteiger partial charge in [-0.3, -0.25) is 0 Å². The Morgan fingerprint density at radius 3 is 2.55 bits per heavy atom. The van der Waals surface area contributed by atoms with Crippen molar-refractivity contribution < 1.29 is 0 Å². The minimum atomic E-state index is 0.112. The van der Waals surface area contributed by atoms with Crippen LogP contribution in [0.15, 0.2) is 30.5 Å². The van der Waals surface area contributed by atoms with Gasteiger partial charge in [-0.2, -0.15) is 0 Å². The highest BCUT2D eigenvalue weighted by molar-refractivity contribution is 5.61. The second kappa shape index (κ2) is 5.70. The van der Waals surface area contributed by atoms with Gasteiger partial charge < -0.3 is 9.88 Å². The molecule has 0 aliphatic rings. The fourth-order valence-corrected chi connectivity index (χ4v) is 2.42. The Balaban J connectivity index is 2.35. The highest BCUT2D eigenvalue weighted by Crippen LogP contribution is 2.31. The lowest BCUT2D eigenvalue weighted by molar-refractivity contribution is 0.592. The summed E-state index contributed by atoms with van der Waals surface area (Å²) in [7, 11) is 0. The number of hydrogen-bond donors (Lipinski definition) is 1. The van der Waals surface area contributed by atoms with Crippen LogP contribution >= 0.6 is 0 Å². The van der Waals surface area contributed by atoms with Crippen LogP contribution in [-0.4, -0.2) is 9.55 Å². The SMILES string of the molecule is CCCn1cc(C)nc1Nc1ccccc1C(C)(C)C. The van der Waals surface area contributed by atoms with Crippen LogP contribution in [0.4, 0.5) is 11.6 Å². The van der Waals surface area contributed by atoms with Gasteiger partial charge in [0.05, 0.1) is 5.69 Å². The minimum Gasteiger partial charge on any atom is -0.325 e. The summed E-state index contributed by atoms with van der Waals surface area (Å²) in [6.07, 6.45) is 3.21. The van der Waals surface area contributed by atoms with Crippen molar-refractivity contribution in [3.05, 3.63) is 41.7 Å². The van der Waals surface area contributed by atoms with Crippen molar-refractivity contribution in [1.82, 2.24) is 9.55 Å². The van der Waals surface area contributed by atoms with E-state index in [1.54, 1.807) is 0 Å². The van der Waals surface area contributed by atoms with Crippen LogP contribution in [0.3, 0.4) is 0 Å². The van der Waals surface area contributed by atoms with Crippen LogP contribution in [0.5, 0.6) is 0 Å². The number of hydrogen-bond acceptors (Lipinski definition) is 2. The maximum atomic E-state index is 4.60. The van der Waals surface area contributed by atoms with E-state index in [4.69, 9.17) is 0 Å². The van der Waals surface area contributed by atoms with Gasteiger partial charge in [0, 0.05) is 18.4 Å². The molecule has 0 atom stereocenters. The van der Waals surface area contributed by atoms with E-state index in [0.717, 1.165) is 30.3 Å². The molecule has 1 heterocycles. The molecule has 1 N–H and O–H groups in total.